The molecule has 3 aliphatic rings. The Bertz CT molecular complexity index is 752. The van der Waals surface area contributed by atoms with Crippen molar-refractivity contribution in [2.75, 3.05) is 45.5 Å². The molecule has 17 nitrogen and oxygen atoms in total. The zero-order valence-corrected chi connectivity index (χ0v) is 22.4. The van der Waals surface area contributed by atoms with Crippen LogP contribution in [-0.4, -0.2) is 177 Å². The van der Waals surface area contributed by atoms with Crippen LogP contribution in [0.5, 0.6) is 0 Å². The van der Waals surface area contributed by atoms with Crippen molar-refractivity contribution in [1.82, 2.24) is 0 Å². The summed E-state index contributed by atoms with van der Waals surface area (Å²) in [5, 5.41) is 92.4. The van der Waals surface area contributed by atoms with Crippen LogP contribution in [0.15, 0.2) is 0 Å². The van der Waals surface area contributed by atoms with Crippen molar-refractivity contribution in [2.45, 2.75) is 92.8 Å². The van der Waals surface area contributed by atoms with Gasteiger partial charge in [0, 0.05) is 12.5 Å². The molecule has 3 saturated heterocycles. The summed E-state index contributed by atoms with van der Waals surface area (Å²) in [5.41, 5.74) is 0. The molecule has 236 valence electrons. The van der Waals surface area contributed by atoms with Crippen molar-refractivity contribution in [3.8, 4) is 0 Å². The van der Waals surface area contributed by atoms with Gasteiger partial charge in [0.05, 0.1) is 33.0 Å². The van der Waals surface area contributed by atoms with E-state index in [4.69, 9.17) is 49.5 Å². The van der Waals surface area contributed by atoms with Crippen LogP contribution < -0.4 is 0 Å². The number of aliphatic hydroxyl groups is 9. The van der Waals surface area contributed by atoms with Crippen LogP contribution in [0.4, 0.5) is 0 Å². The number of hydrogen-bond donors (Lipinski definition) is 9. The number of hydrogen-bond acceptors (Lipinski definition) is 17. The quantitative estimate of drug-likeness (QED) is 0.0505. The van der Waals surface area contributed by atoms with E-state index >= 15 is 0 Å². The molecule has 3 heterocycles. The average molecular weight is 611 g/mol. The molecule has 0 spiro atoms. The van der Waals surface area contributed by atoms with E-state index in [9.17, 15) is 46.0 Å². The fourth-order valence-electron chi connectivity index (χ4n) is 4.43. The summed E-state index contributed by atoms with van der Waals surface area (Å²) in [4.78, 5) is 0. The van der Waals surface area contributed by atoms with Crippen LogP contribution in [0.25, 0.3) is 0 Å². The van der Waals surface area contributed by atoms with Gasteiger partial charge >= 0.3 is 5.97 Å². The Morgan fingerprint density at radius 2 is 1.32 bits per heavy atom. The Labute approximate surface area is 234 Å². The first-order chi connectivity index (χ1) is 19.0. The van der Waals surface area contributed by atoms with E-state index in [2.05, 4.69) is 0 Å². The molecule has 9 N–H and O–H groups in total. The molecular weight excluding hydrogens is 572 g/mol. The Morgan fingerprint density at radius 1 is 0.725 bits per heavy atom. The molecule has 0 amide bonds. The van der Waals surface area contributed by atoms with Gasteiger partial charge in [-0.05, 0) is 6.92 Å². The molecule has 0 aromatic heterocycles. The second-order valence-electron chi connectivity index (χ2n) is 9.27. The molecule has 14 atom stereocenters. The molecule has 0 aromatic carbocycles. The minimum Gasteiger partial charge on any atom is -0.394 e. The molecule has 0 aromatic rings. The van der Waals surface area contributed by atoms with Crippen LogP contribution >= 0.6 is 11.6 Å². The van der Waals surface area contributed by atoms with Gasteiger partial charge in [-0.15, -0.1) is 11.6 Å². The second-order valence-corrected chi connectivity index (χ2v) is 9.65. The maximum atomic E-state index is 10.8. The summed E-state index contributed by atoms with van der Waals surface area (Å²) < 4.78 is 43.5. The highest BCUT2D eigenvalue weighted by atomic mass is 35.5. The number of rotatable bonds is 14. The standard InChI is InChI=1S/C22H39ClO17/c1-2-35-22(32)18(31)17(39-19-15(30)13(28)11(26)9(7-24)36-19)21(40-22)38-16-14(29)12(27)10(8-25)37-20(16)34-6-5-33-4-3-23/h9-21,24-32H,2-8H2,1H3/t9?,10?,11-,12-,13?,14?,15?,16?,17?,18?,19+,20+,21+,22?/m1/s1. The van der Waals surface area contributed by atoms with Crippen LogP contribution in [0.2, 0.25) is 0 Å². The van der Waals surface area contributed by atoms with Gasteiger partial charge in [0.25, 0.3) is 0 Å². The van der Waals surface area contributed by atoms with E-state index in [1.54, 1.807) is 0 Å². The average Bonchev–Trinajstić information content (AvgIpc) is 3.16. The zero-order valence-electron chi connectivity index (χ0n) is 21.6. The van der Waals surface area contributed by atoms with Crippen molar-refractivity contribution in [3.05, 3.63) is 0 Å². The highest BCUT2D eigenvalue weighted by Crippen LogP contribution is 2.37. The van der Waals surface area contributed by atoms with Gasteiger partial charge in [-0.25, -0.2) is 0 Å². The molecule has 18 heteroatoms. The molecule has 3 fully saturated rings. The summed E-state index contributed by atoms with van der Waals surface area (Å²) in [7, 11) is 0. The van der Waals surface area contributed by atoms with Gasteiger partial charge < -0.3 is 79.1 Å². The molecule has 3 aliphatic heterocycles. The lowest BCUT2D eigenvalue weighted by Crippen LogP contribution is -2.62. The first-order valence-corrected chi connectivity index (χ1v) is 13.3. The number of ether oxygens (including phenoxy) is 8. The normalized spacial score (nSPS) is 46.1. The fourth-order valence-corrected chi connectivity index (χ4v) is 4.54. The van der Waals surface area contributed by atoms with E-state index < -0.39 is 99.1 Å². The summed E-state index contributed by atoms with van der Waals surface area (Å²) in [6, 6.07) is 0. The largest absolute Gasteiger partial charge is 0.394 e. The molecule has 0 bridgehead atoms. The topological polar surface area (TPSA) is 256 Å². The molecule has 9 unspecified atom stereocenters. The summed E-state index contributed by atoms with van der Waals surface area (Å²) in [5.74, 6) is -2.49. The lowest BCUT2D eigenvalue weighted by atomic mass is 9.98. The summed E-state index contributed by atoms with van der Waals surface area (Å²) in [6.07, 6.45) is -21.9. The molecular formula is C22H39ClO17. The van der Waals surface area contributed by atoms with Crippen molar-refractivity contribution in [2.24, 2.45) is 0 Å². The minimum atomic E-state index is -2.73. The SMILES string of the molecule is CCOC1(O)O[C@H](OC2C(O)[C@H](O)C(CO)O[C@@H]2OCCOCCCl)C(O[C@@H]2OC(CO)[C@@H](O)C(O)C2O)C1O. The molecule has 0 aliphatic carbocycles. The predicted molar refractivity (Wildman–Crippen MR) is 126 cm³/mol. The highest BCUT2D eigenvalue weighted by Gasteiger charge is 2.60. The second kappa shape index (κ2) is 15.4. The van der Waals surface area contributed by atoms with E-state index in [0.29, 0.717) is 0 Å². The van der Waals surface area contributed by atoms with Crippen molar-refractivity contribution < 1.29 is 83.9 Å². The van der Waals surface area contributed by atoms with Gasteiger partial charge in [-0.2, -0.15) is 0 Å². The van der Waals surface area contributed by atoms with E-state index in [0.717, 1.165) is 0 Å². The van der Waals surface area contributed by atoms with Gasteiger partial charge in [-0.1, -0.05) is 0 Å². The van der Waals surface area contributed by atoms with Gasteiger partial charge in [-0.3, -0.25) is 4.74 Å². The fraction of sp³-hybridized carbons (Fsp3) is 1.00. The molecule has 40 heavy (non-hydrogen) atoms. The van der Waals surface area contributed by atoms with E-state index in [1.807, 2.05) is 0 Å². The third kappa shape index (κ3) is 7.57. The highest BCUT2D eigenvalue weighted by molar-refractivity contribution is 6.17. The maximum absolute atomic E-state index is 10.8. The third-order valence-electron chi connectivity index (χ3n) is 6.58. The summed E-state index contributed by atoms with van der Waals surface area (Å²) >= 11 is 5.56. The van der Waals surface area contributed by atoms with Crippen LogP contribution in [-0.2, 0) is 37.9 Å². The predicted octanol–water partition coefficient (Wildman–Crippen LogP) is -5.33. The Morgan fingerprint density at radius 3 is 1.93 bits per heavy atom. The van der Waals surface area contributed by atoms with Gasteiger partial charge in [0.2, 0.25) is 0 Å². The molecule has 0 radical (unpaired) electrons. The number of halogens is 1. The van der Waals surface area contributed by atoms with E-state index in [-0.39, 0.29) is 32.3 Å². The van der Waals surface area contributed by atoms with Crippen molar-refractivity contribution in [1.29, 1.82) is 0 Å². The molecule has 0 saturated carbocycles. The smallest absolute Gasteiger partial charge is 0.313 e. The third-order valence-corrected chi connectivity index (χ3v) is 6.73. The van der Waals surface area contributed by atoms with Crippen molar-refractivity contribution >= 4 is 11.6 Å². The Balaban J connectivity index is 1.82. The van der Waals surface area contributed by atoms with E-state index in [1.165, 1.54) is 6.92 Å². The Hall–Kier alpha value is -0.390. The number of aliphatic hydroxyl groups excluding tert-OH is 8. The molecule has 3 rings (SSSR count). The van der Waals surface area contributed by atoms with Crippen LogP contribution in [0, 0.1) is 0 Å². The van der Waals surface area contributed by atoms with Crippen molar-refractivity contribution in [3.63, 3.8) is 0 Å². The number of alkyl halides is 1. The monoisotopic (exact) mass is 610 g/mol. The van der Waals surface area contributed by atoms with Gasteiger partial charge in [0.1, 0.15) is 54.9 Å². The summed E-state index contributed by atoms with van der Waals surface area (Å²) in [6.45, 7) is 0.0814. The van der Waals surface area contributed by atoms with Crippen LogP contribution in [0.1, 0.15) is 6.92 Å². The maximum Gasteiger partial charge on any atom is 0.313 e. The van der Waals surface area contributed by atoms with Crippen LogP contribution in [0.3, 0.4) is 0 Å². The lowest BCUT2D eigenvalue weighted by molar-refractivity contribution is -0.406. The lowest BCUT2D eigenvalue weighted by Gasteiger charge is -2.43. The first-order valence-electron chi connectivity index (χ1n) is 12.7. The first kappa shape index (κ1) is 34.1. The Kier molecular flexibility index (Phi) is 13.1. The minimum absolute atomic E-state index is 0.0628. The van der Waals surface area contributed by atoms with Gasteiger partial charge in [0.15, 0.2) is 25.0 Å². The zero-order chi connectivity index (χ0) is 29.6.